The zero-order valence-corrected chi connectivity index (χ0v) is 20.5. The van der Waals surface area contributed by atoms with Gasteiger partial charge in [0.25, 0.3) is 0 Å². The second-order valence-corrected chi connectivity index (χ2v) is 9.32. The molecule has 0 amide bonds. The quantitative estimate of drug-likeness (QED) is 0.400. The van der Waals surface area contributed by atoms with Gasteiger partial charge in [0.15, 0.2) is 5.82 Å². The lowest BCUT2D eigenvalue weighted by Gasteiger charge is -2.37. The normalized spacial score (nSPS) is 15.1. The number of halogens is 1. The lowest BCUT2D eigenvalue weighted by atomic mass is 10.0. The number of aliphatic hydroxyl groups is 1. The Kier molecular flexibility index (Phi) is 7.35. The molecule has 0 radical (unpaired) electrons. The van der Waals surface area contributed by atoms with Gasteiger partial charge in [0, 0.05) is 56.0 Å². The van der Waals surface area contributed by atoms with E-state index in [-0.39, 0.29) is 5.82 Å². The van der Waals surface area contributed by atoms with Gasteiger partial charge in [-0.25, -0.2) is 14.4 Å². The van der Waals surface area contributed by atoms with Gasteiger partial charge in [0.05, 0.1) is 6.10 Å². The summed E-state index contributed by atoms with van der Waals surface area (Å²) in [5.74, 6) is 1.38. The Labute approximate surface area is 211 Å². The van der Waals surface area contributed by atoms with Crippen LogP contribution in [0.15, 0.2) is 84.9 Å². The summed E-state index contributed by atoms with van der Waals surface area (Å²) in [5.41, 5.74) is 4.75. The largest absolute Gasteiger partial charge is 0.387 e. The van der Waals surface area contributed by atoms with E-state index in [1.165, 1.54) is 6.07 Å². The number of anilines is 1. The number of hydrogen-bond acceptors (Lipinski definition) is 5. The highest BCUT2D eigenvalue weighted by atomic mass is 19.1. The second kappa shape index (κ2) is 11.0. The van der Waals surface area contributed by atoms with Crippen molar-refractivity contribution in [1.82, 2.24) is 14.9 Å². The summed E-state index contributed by atoms with van der Waals surface area (Å²) in [5, 5.41) is 10.7. The monoisotopic (exact) mass is 482 g/mol. The van der Waals surface area contributed by atoms with Crippen LogP contribution >= 0.6 is 0 Å². The number of aromatic nitrogens is 2. The molecule has 36 heavy (non-hydrogen) atoms. The lowest BCUT2D eigenvalue weighted by molar-refractivity contribution is 0.109. The van der Waals surface area contributed by atoms with Gasteiger partial charge >= 0.3 is 0 Å². The molecule has 1 unspecified atom stereocenters. The second-order valence-electron chi connectivity index (χ2n) is 9.32. The molecule has 1 fully saturated rings. The maximum Gasteiger partial charge on any atom is 0.161 e. The molecule has 4 aromatic rings. The molecule has 1 aromatic heterocycles. The fraction of sp³-hybridized carbons (Fsp3) is 0.267. The summed E-state index contributed by atoms with van der Waals surface area (Å²) in [4.78, 5) is 14.5. The third kappa shape index (κ3) is 5.61. The number of nitrogens with zero attached hydrogens (tertiary/aromatic N) is 4. The molecule has 2 heterocycles. The molecule has 5 rings (SSSR count). The Morgan fingerprint density at radius 1 is 0.861 bits per heavy atom. The Morgan fingerprint density at radius 2 is 1.56 bits per heavy atom. The molecule has 3 aromatic carbocycles. The number of aliphatic hydroxyl groups excluding tert-OH is 1. The number of β-amino-alcohol motifs (C(OH)–C–C–N with tert-alkyl or cyclic N) is 1. The molecule has 0 aliphatic carbocycles. The van der Waals surface area contributed by atoms with Crippen molar-refractivity contribution in [1.29, 1.82) is 0 Å². The number of aryl methyl sites for hydroxylation is 1. The van der Waals surface area contributed by atoms with E-state index in [4.69, 9.17) is 9.97 Å². The SMILES string of the molecule is Cc1nc(-c2ccccc2)nc(N2CCN(CC(O)c3ccccc3)CC2)c1Cc1cccc(F)c1. The minimum atomic E-state index is -0.507. The highest BCUT2D eigenvalue weighted by Crippen LogP contribution is 2.29. The minimum Gasteiger partial charge on any atom is -0.387 e. The van der Waals surface area contributed by atoms with Crippen LogP contribution in [0.25, 0.3) is 11.4 Å². The summed E-state index contributed by atoms with van der Waals surface area (Å²) in [6.45, 7) is 5.86. The van der Waals surface area contributed by atoms with Crippen molar-refractivity contribution in [3.8, 4) is 11.4 Å². The molecule has 1 aliphatic rings. The first kappa shape index (κ1) is 24.1. The molecule has 0 bridgehead atoms. The van der Waals surface area contributed by atoms with Crippen molar-refractivity contribution in [3.63, 3.8) is 0 Å². The van der Waals surface area contributed by atoms with Crippen LogP contribution in [-0.4, -0.2) is 52.7 Å². The predicted molar refractivity (Wildman–Crippen MR) is 141 cm³/mol. The molecule has 0 spiro atoms. The lowest BCUT2D eigenvalue weighted by Crippen LogP contribution is -2.48. The van der Waals surface area contributed by atoms with Crippen LogP contribution < -0.4 is 4.90 Å². The zero-order valence-electron chi connectivity index (χ0n) is 20.5. The van der Waals surface area contributed by atoms with E-state index in [9.17, 15) is 9.50 Å². The van der Waals surface area contributed by atoms with Gasteiger partial charge in [-0.2, -0.15) is 0 Å². The predicted octanol–water partition coefficient (Wildman–Crippen LogP) is 5.04. The maximum atomic E-state index is 13.9. The van der Waals surface area contributed by atoms with Gasteiger partial charge in [-0.05, 0) is 30.2 Å². The van der Waals surface area contributed by atoms with Gasteiger partial charge in [0.2, 0.25) is 0 Å². The molecule has 0 saturated carbocycles. The molecule has 1 saturated heterocycles. The van der Waals surface area contributed by atoms with Crippen LogP contribution in [0.2, 0.25) is 0 Å². The average Bonchev–Trinajstić information content (AvgIpc) is 2.91. The molecule has 5 nitrogen and oxygen atoms in total. The van der Waals surface area contributed by atoms with Crippen molar-refractivity contribution >= 4 is 5.82 Å². The third-order valence-electron chi connectivity index (χ3n) is 6.78. The highest BCUT2D eigenvalue weighted by Gasteiger charge is 2.24. The smallest absolute Gasteiger partial charge is 0.161 e. The zero-order chi connectivity index (χ0) is 24.9. The van der Waals surface area contributed by atoms with Crippen molar-refractivity contribution in [2.75, 3.05) is 37.6 Å². The van der Waals surface area contributed by atoms with Gasteiger partial charge in [-0.1, -0.05) is 72.8 Å². The first-order valence-electron chi connectivity index (χ1n) is 12.4. The van der Waals surface area contributed by atoms with E-state index in [2.05, 4.69) is 9.80 Å². The Morgan fingerprint density at radius 3 is 2.25 bits per heavy atom. The van der Waals surface area contributed by atoms with Gasteiger partial charge < -0.3 is 10.0 Å². The Balaban J connectivity index is 1.39. The number of hydrogen-bond donors (Lipinski definition) is 1. The molecule has 1 N–H and O–H groups in total. The van der Waals surface area contributed by atoms with E-state index in [0.717, 1.165) is 59.9 Å². The summed E-state index contributed by atoms with van der Waals surface area (Å²) in [6, 6.07) is 26.6. The summed E-state index contributed by atoms with van der Waals surface area (Å²) >= 11 is 0. The van der Waals surface area contributed by atoms with E-state index >= 15 is 0 Å². The fourth-order valence-electron chi connectivity index (χ4n) is 4.78. The van der Waals surface area contributed by atoms with Crippen LogP contribution in [0.4, 0.5) is 10.2 Å². The number of rotatable bonds is 7. The van der Waals surface area contributed by atoms with E-state index in [0.29, 0.717) is 18.8 Å². The third-order valence-corrected chi connectivity index (χ3v) is 6.78. The van der Waals surface area contributed by atoms with Gasteiger partial charge in [0.1, 0.15) is 11.6 Å². The summed E-state index contributed by atoms with van der Waals surface area (Å²) < 4.78 is 13.9. The Bertz CT molecular complexity index is 1290. The Hall–Kier alpha value is -3.61. The first-order chi connectivity index (χ1) is 17.6. The first-order valence-corrected chi connectivity index (χ1v) is 12.4. The van der Waals surface area contributed by atoms with Crippen LogP contribution in [0.5, 0.6) is 0 Å². The van der Waals surface area contributed by atoms with Crippen molar-refractivity contribution in [3.05, 3.63) is 113 Å². The van der Waals surface area contributed by atoms with Crippen molar-refractivity contribution < 1.29 is 9.50 Å². The van der Waals surface area contributed by atoms with Crippen LogP contribution in [0.3, 0.4) is 0 Å². The standard InChI is InChI=1S/C30H31FN4O/c1-22-27(20-23-9-8-14-26(31)19-23)30(33-29(32-22)25-12-6-3-7-13-25)35-17-15-34(16-18-35)21-28(36)24-10-4-2-5-11-24/h2-14,19,28,36H,15-18,20-21H2,1H3. The van der Waals surface area contributed by atoms with Crippen molar-refractivity contribution in [2.24, 2.45) is 0 Å². The van der Waals surface area contributed by atoms with Crippen molar-refractivity contribution in [2.45, 2.75) is 19.4 Å². The number of piperazine rings is 1. The molecule has 6 heteroatoms. The van der Waals surface area contributed by atoms with E-state index in [1.807, 2.05) is 73.7 Å². The molecular weight excluding hydrogens is 451 g/mol. The summed E-state index contributed by atoms with van der Waals surface area (Å²) in [7, 11) is 0. The number of benzene rings is 3. The van der Waals surface area contributed by atoms with Crippen LogP contribution in [-0.2, 0) is 6.42 Å². The van der Waals surface area contributed by atoms with Crippen LogP contribution in [0.1, 0.15) is 28.5 Å². The molecule has 184 valence electrons. The average molecular weight is 483 g/mol. The molecule has 1 aliphatic heterocycles. The molecule has 1 atom stereocenters. The maximum absolute atomic E-state index is 13.9. The highest BCUT2D eigenvalue weighted by molar-refractivity contribution is 5.61. The topological polar surface area (TPSA) is 52.5 Å². The van der Waals surface area contributed by atoms with Gasteiger partial charge in [-0.15, -0.1) is 0 Å². The van der Waals surface area contributed by atoms with Gasteiger partial charge in [-0.3, -0.25) is 4.90 Å². The fourth-order valence-corrected chi connectivity index (χ4v) is 4.78. The van der Waals surface area contributed by atoms with E-state index in [1.54, 1.807) is 12.1 Å². The van der Waals surface area contributed by atoms with E-state index < -0.39 is 6.10 Å². The molecular formula is C30H31FN4O. The summed E-state index contributed by atoms with van der Waals surface area (Å²) in [6.07, 6.45) is 0.0632. The minimum absolute atomic E-state index is 0.237. The van der Waals surface area contributed by atoms with Crippen LogP contribution in [0, 0.1) is 12.7 Å².